The minimum Gasteiger partial charge on any atom is -0.383 e. The number of rotatable bonds is 7. The number of benzene rings is 2. The van der Waals surface area contributed by atoms with Crippen LogP contribution in [0.3, 0.4) is 0 Å². The predicted octanol–water partition coefficient (Wildman–Crippen LogP) is 4.72. The summed E-state index contributed by atoms with van der Waals surface area (Å²) in [5.41, 5.74) is 5.89. The average molecular weight is 521 g/mol. The lowest BCUT2D eigenvalue weighted by Gasteiger charge is -2.24. The molecule has 37 heavy (non-hydrogen) atoms. The molecule has 1 aliphatic heterocycles. The van der Waals surface area contributed by atoms with Gasteiger partial charge in [0.1, 0.15) is 12.4 Å². The Balaban J connectivity index is 1.95. The number of anilines is 1. The van der Waals surface area contributed by atoms with Crippen molar-refractivity contribution in [1.82, 2.24) is 15.1 Å². The van der Waals surface area contributed by atoms with Gasteiger partial charge in [-0.25, -0.2) is 4.68 Å². The van der Waals surface area contributed by atoms with Gasteiger partial charge in [-0.05, 0) is 31.5 Å². The summed E-state index contributed by atoms with van der Waals surface area (Å²) in [4.78, 5) is 28.2. The fourth-order valence-electron chi connectivity index (χ4n) is 4.53. The van der Waals surface area contributed by atoms with Gasteiger partial charge in [0, 0.05) is 24.6 Å². The summed E-state index contributed by atoms with van der Waals surface area (Å²) in [5, 5.41) is 7.89. The van der Waals surface area contributed by atoms with Gasteiger partial charge in [-0.1, -0.05) is 68.3 Å². The zero-order chi connectivity index (χ0) is 26.7. The number of nitrogens with zero attached hydrogens (tertiary/aromatic N) is 3. The van der Waals surface area contributed by atoms with E-state index in [0.717, 1.165) is 33.6 Å². The van der Waals surface area contributed by atoms with Gasteiger partial charge in [0.15, 0.2) is 0 Å². The molecule has 0 bridgehead atoms. The number of amides is 2. The average Bonchev–Trinajstić information content (AvgIpc) is 3.18. The Hall–Kier alpha value is -3.10. The number of hydrogen-bond acceptors (Lipinski definition) is 5. The minimum absolute atomic E-state index is 0.0855. The van der Waals surface area contributed by atoms with Crippen LogP contribution in [0.25, 0.3) is 5.69 Å². The maximum atomic E-state index is 13.6. The summed E-state index contributed by atoms with van der Waals surface area (Å²) in [5.74, 6) is 0.578. The third kappa shape index (κ3) is 5.91. The number of aryl methyl sites for hydroxylation is 2. The van der Waals surface area contributed by atoms with E-state index < -0.39 is 0 Å². The first-order chi connectivity index (χ1) is 17.6. The smallest absolute Gasteiger partial charge is 0.240 e. The highest BCUT2D eigenvalue weighted by Crippen LogP contribution is 2.48. The zero-order valence-corrected chi connectivity index (χ0v) is 23.3. The number of aromatic nitrogens is 2. The van der Waals surface area contributed by atoms with Crippen LogP contribution in [0, 0.1) is 13.8 Å². The fourth-order valence-corrected chi connectivity index (χ4v) is 5.72. The van der Waals surface area contributed by atoms with Crippen LogP contribution < -0.4 is 10.2 Å². The standard InChI is InChI=1S/C29H36N4O3S/c1-19-10-12-22(13-11-19)33-28-25(27(31-33)29(3,4)5)26(21-9-7-8-20(2)16-21)37-18-24(35)32(28)17-23(34)30-14-15-36-6/h7-13,16,26H,14-15,17-18H2,1-6H3,(H,30,34)/t26-/m0/s1. The highest BCUT2D eigenvalue weighted by atomic mass is 32.2. The Kier molecular flexibility index (Phi) is 8.09. The number of hydrogen-bond donors (Lipinski definition) is 1. The molecule has 1 N–H and O–H groups in total. The van der Waals surface area contributed by atoms with Crippen molar-refractivity contribution in [2.45, 2.75) is 45.3 Å². The highest BCUT2D eigenvalue weighted by Gasteiger charge is 2.39. The lowest BCUT2D eigenvalue weighted by molar-refractivity contribution is -0.123. The van der Waals surface area contributed by atoms with E-state index in [1.807, 2.05) is 35.9 Å². The first-order valence-corrected chi connectivity index (χ1v) is 13.6. The Morgan fingerprint density at radius 2 is 1.86 bits per heavy atom. The van der Waals surface area contributed by atoms with Crippen LogP contribution in [-0.2, 0) is 19.7 Å². The second-order valence-corrected chi connectivity index (χ2v) is 11.6. The number of methoxy groups -OCH3 is 1. The van der Waals surface area contributed by atoms with Crippen LogP contribution in [0.5, 0.6) is 0 Å². The second kappa shape index (κ2) is 11.1. The van der Waals surface area contributed by atoms with Crippen molar-refractivity contribution in [3.8, 4) is 5.69 Å². The van der Waals surface area contributed by atoms with E-state index >= 15 is 0 Å². The largest absolute Gasteiger partial charge is 0.383 e. The molecule has 2 amide bonds. The quantitative estimate of drug-likeness (QED) is 0.457. The van der Waals surface area contributed by atoms with Gasteiger partial charge in [-0.15, -0.1) is 11.8 Å². The number of fused-ring (bicyclic) bond motifs is 1. The lowest BCUT2D eigenvalue weighted by Crippen LogP contribution is -2.43. The summed E-state index contributed by atoms with van der Waals surface area (Å²) in [6, 6.07) is 16.5. The summed E-state index contributed by atoms with van der Waals surface area (Å²) >= 11 is 1.59. The van der Waals surface area contributed by atoms with Crippen molar-refractivity contribution in [3.05, 3.63) is 76.5 Å². The van der Waals surface area contributed by atoms with Gasteiger partial charge in [-0.2, -0.15) is 5.10 Å². The first-order valence-electron chi connectivity index (χ1n) is 12.5. The monoisotopic (exact) mass is 520 g/mol. The van der Waals surface area contributed by atoms with Gasteiger partial charge < -0.3 is 10.1 Å². The van der Waals surface area contributed by atoms with Gasteiger partial charge in [0.05, 0.1) is 29.0 Å². The molecule has 0 fully saturated rings. The molecule has 0 saturated carbocycles. The van der Waals surface area contributed by atoms with E-state index in [1.165, 1.54) is 0 Å². The molecule has 7 nitrogen and oxygen atoms in total. The lowest BCUT2D eigenvalue weighted by atomic mass is 9.87. The number of thioether (sulfide) groups is 1. The fraction of sp³-hybridized carbons (Fsp3) is 0.414. The van der Waals surface area contributed by atoms with E-state index in [1.54, 1.807) is 23.8 Å². The van der Waals surface area contributed by atoms with E-state index in [4.69, 9.17) is 9.84 Å². The van der Waals surface area contributed by atoms with Crippen LogP contribution in [-0.4, -0.2) is 54.2 Å². The molecular formula is C29H36N4O3S. The molecule has 3 aromatic rings. The number of carbonyl (C=O) groups excluding carboxylic acids is 2. The summed E-state index contributed by atoms with van der Waals surface area (Å²) in [6.07, 6.45) is 0. The topological polar surface area (TPSA) is 76.5 Å². The van der Waals surface area contributed by atoms with Gasteiger partial charge in [0.25, 0.3) is 0 Å². The number of nitrogens with one attached hydrogen (secondary N) is 1. The Morgan fingerprint density at radius 3 is 2.51 bits per heavy atom. The molecule has 1 atom stereocenters. The Labute approximate surface area is 223 Å². The normalized spacial score (nSPS) is 15.9. The molecule has 2 aromatic carbocycles. The molecule has 196 valence electrons. The molecule has 0 radical (unpaired) electrons. The minimum atomic E-state index is -0.289. The van der Waals surface area contributed by atoms with Gasteiger partial charge >= 0.3 is 0 Å². The molecule has 8 heteroatoms. The van der Waals surface area contributed by atoms with Crippen molar-refractivity contribution >= 4 is 29.4 Å². The number of ether oxygens (including phenoxy) is 1. The zero-order valence-electron chi connectivity index (χ0n) is 22.5. The molecular weight excluding hydrogens is 484 g/mol. The van der Waals surface area contributed by atoms with Crippen LogP contribution in [0.2, 0.25) is 0 Å². The van der Waals surface area contributed by atoms with Crippen LogP contribution in [0.1, 0.15) is 54.0 Å². The van der Waals surface area contributed by atoms with E-state index in [2.05, 4.69) is 57.3 Å². The van der Waals surface area contributed by atoms with Crippen LogP contribution in [0.4, 0.5) is 5.82 Å². The third-order valence-electron chi connectivity index (χ3n) is 6.35. The molecule has 1 aromatic heterocycles. The van der Waals surface area contributed by atoms with E-state index in [-0.39, 0.29) is 34.8 Å². The van der Waals surface area contributed by atoms with Crippen LogP contribution >= 0.6 is 11.8 Å². The highest BCUT2D eigenvalue weighted by molar-refractivity contribution is 8.00. The van der Waals surface area contributed by atoms with E-state index in [9.17, 15) is 9.59 Å². The first kappa shape index (κ1) is 26.9. The molecule has 0 aliphatic carbocycles. The Morgan fingerprint density at radius 1 is 1.14 bits per heavy atom. The SMILES string of the molecule is COCCNC(=O)CN1C(=O)CS[C@@H](c2cccc(C)c2)c2c(C(C)(C)C)nn(-c3ccc(C)cc3)c21. The molecule has 0 unspecified atom stereocenters. The molecule has 0 spiro atoms. The van der Waals surface area contributed by atoms with Crippen molar-refractivity contribution in [2.24, 2.45) is 0 Å². The van der Waals surface area contributed by atoms with Crippen molar-refractivity contribution in [3.63, 3.8) is 0 Å². The Bertz CT molecular complexity index is 1280. The molecule has 1 aliphatic rings. The van der Waals surface area contributed by atoms with Crippen molar-refractivity contribution in [1.29, 1.82) is 0 Å². The second-order valence-electron chi connectivity index (χ2n) is 10.5. The maximum absolute atomic E-state index is 13.6. The number of carbonyl (C=O) groups is 2. The van der Waals surface area contributed by atoms with E-state index in [0.29, 0.717) is 19.0 Å². The van der Waals surface area contributed by atoms with Gasteiger partial charge in [0.2, 0.25) is 11.8 Å². The van der Waals surface area contributed by atoms with Crippen molar-refractivity contribution < 1.29 is 14.3 Å². The molecule has 2 heterocycles. The molecule has 4 rings (SSSR count). The molecule has 0 saturated heterocycles. The van der Waals surface area contributed by atoms with Crippen molar-refractivity contribution in [2.75, 3.05) is 37.5 Å². The summed E-state index contributed by atoms with van der Waals surface area (Å²) in [7, 11) is 1.59. The van der Waals surface area contributed by atoms with Gasteiger partial charge in [-0.3, -0.25) is 14.5 Å². The maximum Gasteiger partial charge on any atom is 0.240 e. The predicted molar refractivity (Wildman–Crippen MR) is 150 cm³/mol. The summed E-state index contributed by atoms with van der Waals surface area (Å²) in [6.45, 7) is 11.2. The van der Waals surface area contributed by atoms with Crippen LogP contribution in [0.15, 0.2) is 48.5 Å². The third-order valence-corrected chi connectivity index (χ3v) is 7.61. The summed E-state index contributed by atoms with van der Waals surface area (Å²) < 4.78 is 6.92.